The lowest BCUT2D eigenvalue weighted by Crippen LogP contribution is -2.28. The van der Waals surface area contributed by atoms with Crippen LogP contribution in [-0.4, -0.2) is 48.7 Å². The van der Waals surface area contributed by atoms with Crippen LogP contribution in [0.15, 0.2) is 36.8 Å². The van der Waals surface area contributed by atoms with Crippen molar-refractivity contribution >= 4 is 39.9 Å². The van der Waals surface area contributed by atoms with Crippen LogP contribution < -0.4 is 10.1 Å². The van der Waals surface area contributed by atoms with Gasteiger partial charge in [-0.05, 0) is 25.1 Å². The average molecular weight is 576 g/mol. The van der Waals surface area contributed by atoms with Crippen LogP contribution in [0.3, 0.4) is 0 Å². The van der Waals surface area contributed by atoms with E-state index in [4.69, 9.17) is 16.3 Å². The van der Waals surface area contributed by atoms with Gasteiger partial charge in [0.2, 0.25) is 5.82 Å². The van der Waals surface area contributed by atoms with Gasteiger partial charge in [0.25, 0.3) is 11.8 Å². The summed E-state index contributed by atoms with van der Waals surface area (Å²) < 4.78 is 44.3. The zero-order chi connectivity index (χ0) is 27.9. The van der Waals surface area contributed by atoms with Gasteiger partial charge in [0, 0.05) is 29.2 Å². The largest absolute Gasteiger partial charge is 0.494 e. The van der Waals surface area contributed by atoms with Crippen molar-refractivity contribution in [3.8, 4) is 16.9 Å². The molecule has 0 unspecified atom stereocenters. The average Bonchev–Trinajstić information content (AvgIpc) is 3.46. The smallest absolute Gasteiger partial charge is 0.433 e. The molecule has 0 fully saturated rings. The van der Waals surface area contributed by atoms with Crippen molar-refractivity contribution in [2.45, 2.75) is 26.2 Å². The van der Waals surface area contributed by atoms with Crippen LogP contribution >= 0.6 is 22.9 Å². The number of hydrogen-bond acceptors (Lipinski definition) is 9. The van der Waals surface area contributed by atoms with Gasteiger partial charge < -0.3 is 9.64 Å². The van der Waals surface area contributed by atoms with Gasteiger partial charge in [-0.25, -0.2) is 19.9 Å². The van der Waals surface area contributed by atoms with Gasteiger partial charge in [0.1, 0.15) is 16.6 Å². The molecule has 5 heterocycles. The first-order chi connectivity index (χ1) is 18.5. The van der Waals surface area contributed by atoms with Gasteiger partial charge in [-0.15, -0.1) is 0 Å². The van der Waals surface area contributed by atoms with Crippen molar-refractivity contribution in [2.24, 2.45) is 0 Å². The minimum Gasteiger partial charge on any atom is -0.494 e. The minimum atomic E-state index is -4.70. The zero-order valence-corrected chi connectivity index (χ0v) is 21.8. The van der Waals surface area contributed by atoms with Gasteiger partial charge in [-0.1, -0.05) is 22.9 Å². The molecular formula is C24H17ClF3N7O3S. The number of ether oxygens (including phenoxy) is 1. The number of fused-ring (bicyclic) bond motifs is 1. The first kappa shape index (κ1) is 26.4. The molecule has 1 aliphatic heterocycles. The third-order valence-corrected chi connectivity index (χ3v) is 6.93. The molecule has 1 N–H and O–H groups in total. The van der Waals surface area contributed by atoms with Gasteiger partial charge in [-0.2, -0.15) is 13.2 Å². The number of nitrogens with one attached hydrogen (secondary N) is 1. The third kappa shape index (κ3) is 5.38. The fourth-order valence-corrected chi connectivity index (χ4v) is 5.06. The van der Waals surface area contributed by atoms with Crippen LogP contribution in [0.5, 0.6) is 5.75 Å². The number of hydrogen-bond donors (Lipinski definition) is 1. The second kappa shape index (κ2) is 10.2. The Labute approximate surface area is 227 Å². The Kier molecular flexibility index (Phi) is 6.91. The minimum absolute atomic E-state index is 0.0319. The summed E-state index contributed by atoms with van der Waals surface area (Å²) in [6, 6.07) is 4.01. The number of thiazole rings is 1. The Balaban J connectivity index is 1.34. The lowest BCUT2D eigenvalue weighted by molar-refractivity contribution is -0.141. The van der Waals surface area contributed by atoms with E-state index in [1.165, 1.54) is 24.4 Å². The lowest BCUT2D eigenvalue weighted by atomic mass is 10.0. The van der Waals surface area contributed by atoms with Crippen LogP contribution in [0.25, 0.3) is 11.1 Å². The molecule has 5 rings (SSSR count). The maximum atomic E-state index is 13.3. The maximum absolute atomic E-state index is 13.3. The van der Waals surface area contributed by atoms with E-state index in [0.29, 0.717) is 44.3 Å². The van der Waals surface area contributed by atoms with E-state index < -0.39 is 29.5 Å². The summed E-state index contributed by atoms with van der Waals surface area (Å²) >= 11 is 7.24. The molecule has 0 saturated carbocycles. The normalized spacial score (nSPS) is 12.8. The first-order valence-corrected chi connectivity index (χ1v) is 12.4. The van der Waals surface area contributed by atoms with E-state index in [9.17, 15) is 22.8 Å². The summed E-state index contributed by atoms with van der Waals surface area (Å²) in [7, 11) is 1.48. The number of aryl methyl sites for hydroxylation is 1. The molecule has 200 valence electrons. The van der Waals surface area contributed by atoms with Crippen molar-refractivity contribution in [1.82, 2.24) is 29.8 Å². The monoisotopic (exact) mass is 575 g/mol. The number of halogens is 4. The lowest BCUT2D eigenvalue weighted by Gasteiger charge is -2.15. The summed E-state index contributed by atoms with van der Waals surface area (Å²) in [4.78, 5) is 47.6. The Morgan fingerprint density at radius 2 is 1.90 bits per heavy atom. The number of pyridine rings is 2. The van der Waals surface area contributed by atoms with Crippen LogP contribution in [0.4, 0.5) is 18.3 Å². The Hall–Kier alpha value is -4.17. The topological polar surface area (TPSA) is 123 Å². The molecule has 0 aromatic carbocycles. The van der Waals surface area contributed by atoms with Gasteiger partial charge >= 0.3 is 6.18 Å². The van der Waals surface area contributed by atoms with Gasteiger partial charge in [0.05, 0.1) is 42.5 Å². The van der Waals surface area contributed by atoms with Crippen molar-refractivity contribution in [3.63, 3.8) is 0 Å². The first-order valence-electron chi connectivity index (χ1n) is 11.2. The molecule has 2 amide bonds. The Morgan fingerprint density at radius 1 is 1.10 bits per heavy atom. The molecule has 0 aliphatic carbocycles. The Morgan fingerprint density at radius 3 is 2.62 bits per heavy atom. The van der Waals surface area contributed by atoms with Crippen LogP contribution in [0.1, 0.15) is 42.9 Å². The second-order valence-electron chi connectivity index (χ2n) is 8.35. The summed E-state index contributed by atoms with van der Waals surface area (Å²) in [5.74, 6) is -1.37. The Bertz CT molecular complexity index is 1590. The highest BCUT2D eigenvalue weighted by molar-refractivity contribution is 7.16. The van der Waals surface area contributed by atoms with Crippen molar-refractivity contribution in [2.75, 3.05) is 12.4 Å². The summed E-state index contributed by atoms with van der Waals surface area (Å²) in [6.07, 6.45) is -0.912. The number of nitrogens with zero attached hydrogens (tertiary/aromatic N) is 6. The zero-order valence-electron chi connectivity index (χ0n) is 20.2. The number of methoxy groups -OCH3 is 1. The number of amides is 2. The molecule has 39 heavy (non-hydrogen) atoms. The second-order valence-corrected chi connectivity index (χ2v) is 9.82. The molecular weight excluding hydrogens is 559 g/mol. The number of alkyl halides is 3. The molecule has 4 aromatic heterocycles. The molecule has 4 aromatic rings. The highest BCUT2D eigenvalue weighted by Crippen LogP contribution is 2.36. The van der Waals surface area contributed by atoms with Crippen LogP contribution in [0, 0.1) is 6.92 Å². The number of carbonyl (C=O) groups excluding carboxylic acids is 2. The van der Waals surface area contributed by atoms with Crippen LogP contribution in [0.2, 0.25) is 5.15 Å². The van der Waals surface area contributed by atoms with E-state index >= 15 is 0 Å². The number of anilines is 1. The highest BCUT2D eigenvalue weighted by Gasteiger charge is 2.35. The quantitative estimate of drug-likeness (QED) is 0.337. The molecule has 0 bridgehead atoms. The standard InChI is InChI=1S/C24H17ClF3N7O3S/c1-11-5-12(13-6-19(25)31-8-16(13)38-2)14(7-30-11)21(36)34-23-32-15-9-35(10-17(15)39-23)22(37)20-29-4-3-18(33-20)24(26,27)28/h3-8H,9-10H2,1-2H3,(H,32,34,36). The number of carbonyl (C=O) groups is 2. The maximum Gasteiger partial charge on any atom is 0.433 e. The predicted molar refractivity (Wildman–Crippen MR) is 134 cm³/mol. The highest BCUT2D eigenvalue weighted by atomic mass is 35.5. The van der Waals surface area contributed by atoms with Crippen LogP contribution in [-0.2, 0) is 19.3 Å². The fraction of sp³-hybridized carbons (Fsp3) is 0.208. The summed E-state index contributed by atoms with van der Waals surface area (Å²) in [5, 5.41) is 3.27. The number of rotatable bonds is 5. The number of aromatic nitrogens is 5. The SMILES string of the molecule is COc1cnc(Cl)cc1-c1cc(C)ncc1C(=O)Nc1nc2c(s1)CN(C(=O)c1nccc(C(F)(F)F)n1)C2. The van der Waals surface area contributed by atoms with Gasteiger partial charge in [0.15, 0.2) is 5.13 Å². The molecule has 0 radical (unpaired) electrons. The molecule has 0 spiro atoms. The summed E-state index contributed by atoms with van der Waals surface area (Å²) in [5.41, 5.74) is 1.31. The molecule has 0 atom stereocenters. The van der Waals surface area contributed by atoms with Crippen molar-refractivity contribution < 1.29 is 27.5 Å². The van der Waals surface area contributed by atoms with E-state index in [0.717, 1.165) is 17.5 Å². The molecule has 15 heteroatoms. The van der Waals surface area contributed by atoms with Crippen molar-refractivity contribution in [1.29, 1.82) is 0 Å². The van der Waals surface area contributed by atoms with E-state index in [1.807, 2.05) is 0 Å². The van der Waals surface area contributed by atoms with Gasteiger partial charge in [-0.3, -0.25) is 19.9 Å². The van der Waals surface area contributed by atoms with Crippen molar-refractivity contribution in [3.05, 3.63) is 75.3 Å². The molecule has 10 nitrogen and oxygen atoms in total. The summed E-state index contributed by atoms with van der Waals surface area (Å²) in [6.45, 7) is 1.90. The third-order valence-electron chi connectivity index (χ3n) is 5.73. The molecule has 0 saturated heterocycles. The molecule has 1 aliphatic rings. The van der Waals surface area contributed by atoms with E-state index in [1.54, 1.807) is 19.1 Å². The van der Waals surface area contributed by atoms with E-state index in [-0.39, 0.29) is 23.8 Å². The predicted octanol–water partition coefficient (Wildman–Crippen LogP) is 4.79. The fourth-order valence-electron chi connectivity index (χ4n) is 3.92. The van der Waals surface area contributed by atoms with E-state index in [2.05, 4.69) is 30.2 Å².